The van der Waals surface area contributed by atoms with Gasteiger partial charge in [0, 0.05) is 38.6 Å². The number of benzene rings is 1. The fourth-order valence-electron chi connectivity index (χ4n) is 4.50. The van der Waals surface area contributed by atoms with E-state index in [1.807, 2.05) is 17.0 Å². The summed E-state index contributed by atoms with van der Waals surface area (Å²) in [6.45, 7) is 2.70. The first-order chi connectivity index (χ1) is 14.2. The molecule has 1 unspecified atom stereocenters. The quantitative estimate of drug-likeness (QED) is 0.350. The van der Waals surface area contributed by atoms with Gasteiger partial charge in [0.2, 0.25) is 12.7 Å². The minimum absolute atomic E-state index is 0. The van der Waals surface area contributed by atoms with Crippen LogP contribution in [-0.2, 0) is 11.2 Å². The van der Waals surface area contributed by atoms with E-state index < -0.39 is 0 Å². The predicted octanol–water partition coefficient (Wildman–Crippen LogP) is 2.92. The number of ether oxygens (including phenoxy) is 2. The average molecular weight is 528 g/mol. The van der Waals surface area contributed by atoms with Crippen molar-refractivity contribution in [1.82, 2.24) is 15.5 Å². The van der Waals surface area contributed by atoms with Crippen LogP contribution in [0.4, 0.5) is 0 Å². The van der Waals surface area contributed by atoms with E-state index in [2.05, 4.69) is 21.7 Å². The summed E-state index contributed by atoms with van der Waals surface area (Å²) in [7, 11) is 1.79. The van der Waals surface area contributed by atoms with Gasteiger partial charge >= 0.3 is 0 Å². The molecule has 0 spiro atoms. The Balaban J connectivity index is 0.00000256. The summed E-state index contributed by atoms with van der Waals surface area (Å²) in [5.74, 6) is 3.04. The van der Waals surface area contributed by atoms with Crippen LogP contribution in [0.1, 0.15) is 44.1 Å². The Morgan fingerprint density at radius 2 is 1.97 bits per heavy atom. The zero-order chi connectivity index (χ0) is 20.1. The molecule has 0 aromatic heterocycles. The number of nitrogens with zero attached hydrogens (tertiary/aromatic N) is 2. The van der Waals surface area contributed by atoms with Gasteiger partial charge in [0.05, 0.1) is 0 Å². The molecule has 1 aliphatic carbocycles. The number of nitrogens with one attached hydrogen (secondary N) is 2. The van der Waals surface area contributed by atoms with Crippen LogP contribution in [0.15, 0.2) is 23.2 Å². The number of hydrogen-bond donors (Lipinski definition) is 2. The number of carbonyl (C=O) groups excluding carboxylic acids is 1. The van der Waals surface area contributed by atoms with Gasteiger partial charge in [-0.2, -0.15) is 0 Å². The zero-order valence-corrected chi connectivity index (χ0v) is 20.0. The second-order valence-corrected chi connectivity index (χ2v) is 8.19. The summed E-state index contributed by atoms with van der Waals surface area (Å²) in [4.78, 5) is 19.1. The summed E-state index contributed by atoms with van der Waals surface area (Å²) in [6, 6.07) is 6.32. The van der Waals surface area contributed by atoms with Crippen molar-refractivity contribution in [2.45, 2.75) is 51.0 Å². The van der Waals surface area contributed by atoms with Crippen molar-refractivity contribution in [3.05, 3.63) is 23.8 Å². The van der Waals surface area contributed by atoms with E-state index in [1.54, 1.807) is 7.05 Å². The molecule has 1 amide bonds. The van der Waals surface area contributed by atoms with E-state index in [1.165, 1.54) is 24.8 Å². The molecule has 2 aliphatic heterocycles. The lowest BCUT2D eigenvalue weighted by Gasteiger charge is -2.26. The highest BCUT2D eigenvalue weighted by atomic mass is 127. The number of fused-ring (bicyclic) bond motifs is 1. The lowest BCUT2D eigenvalue weighted by Crippen LogP contribution is -2.46. The van der Waals surface area contributed by atoms with Crippen LogP contribution in [0, 0.1) is 5.92 Å². The fourth-order valence-corrected chi connectivity index (χ4v) is 4.50. The third-order valence-electron chi connectivity index (χ3n) is 6.16. The third kappa shape index (κ3) is 5.70. The van der Waals surface area contributed by atoms with Crippen molar-refractivity contribution in [2.24, 2.45) is 10.9 Å². The van der Waals surface area contributed by atoms with Crippen LogP contribution >= 0.6 is 24.0 Å². The van der Waals surface area contributed by atoms with Crippen molar-refractivity contribution in [1.29, 1.82) is 0 Å². The topological polar surface area (TPSA) is 75.2 Å². The van der Waals surface area contributed by atoms with Crippen molar-refractivity contribution in [2.75, 3.05) is 33.5 Å². The lowest BCUT2D eigenvalue weighted by molar-refractivity contribution is -0.135. The van der Waals surface area contributed by atoms with Crippen LogP contribution in [0.3, 0.4) is 0 Å². The number of likely N-dealkylation sites (tertiary alicyclic amines) is 1. The Bertz CT molecular complexity index is 752. The van der Waals surface area contributed by atoms with Crippen LogP contribution in [0.2, 0.25) is 0 Å². The van der Waals surface area contributed by atoms with Gasteiger partial charge in [0.1, 0.15) is 0 Å². The molecule has 0 bridgehead atoms. The van der Waals surface area contributed by atoms with E-state index in [0.717, 1.165) is 62.8 Å². The van der Waals surface area contributed by atoms with Crippen LogP contribution in [-0.4, -0.2) is 56.3 Å². The molecule has 1 atom stereocenters. The molecule has 7 nitrogen and oxygen atoms in total. The Kier molecular flexibility index (Phi) is 8.47. The molecule has 1 aromatic carbocycles. The Hall–Kier alpha value is -1.71. The van der Waals surface area contributed by atoms with E-state index >= 15 is 0 Å². The maximum atomic E-state index is 12.7. The van der Waals surface area contributed by atoms with Gasteiger partial charge in [-0.05, 0) is 43.4 Å². The highest BCUT2D eigenvalue weighted by molar-refractivity contribution is 14.0. The molecule has 1 aromatic rings. The van der Waals surface area contributed by atoms with E-state index in [0.29, 0.717) is 12.7 Å². The van der Waals surface area contributed by atoms with Crippen LogP contribution in [0.5, 0.6) is 11.5 Å². The number of rotatable bonds is 5. The largest absolute Gasteiger partial charge is 0.454 e. The standard InChI is InChI=1S/C22H32N4O3.HI/c1-23-22(24-11-9-16-7-8-19-20(13-16)29-15-28-19)25-18-10-12-26(14-18)21(27)17-5-3-2-4-6-17;/h7-8,13,17-18H,2-6,9-12,14-15H2,1H3,(H2,23,24,25);1H. The molecular formula is C22H33IN4O3. The van der Waals surface area contributed by atoms with Crippen molar-refractivity contribution in [3.8, 4) is 11.5 Å². The number of amides is 1. The van der Waals surface area contributed by atoms with Gasteiger partial charge in [0.25, 0.3) is 0 Å². The summed E-state index contributed by atoms with van der Waals surface area (Å²) in [5.41, 5.74) is 1.20. The van der Waals surface area contributed by atoms with Gasteiger partial charge in [-0.25, -0.2) is 0 Å². The molecule has 4 rings (SSSR count). The highest BCUT2D eigenvalue weighted by Crippen LogP contribution is 2.32. The molecule has 166 valence electrons. The summed E-state index contributed by atoms with van der Waals surface area (Å²) in [5, 5.41) is 6.86. The summed E-state index contributed by atoms with van der Waals surface area (Å²) >= 11 is 0. The Labute approximate surface area is 196 Å². The molecule has 0 radical (unpaired) electrons. The number of halogens is 1. The van der Waals surface area contributed by atoms with E-state index in [4.69, 9.17) is 9.47 Å². The minimum atomic E-state index is 0. The molecule has 1 saturated carbocycles. The molecule has 8 heteroatoms. The average Bonchev–Trinajstić information content (AvgIpc) is 3.42. The Morgan fingerprint density at radius 3 is 2.77 bits per heavy atom. The second-order valence-electron chi connectivity index (χ2n) is 8.19. The zero-order valence-electron chi connectivity index (χ0n) is 17.7. The van der Waals surface area contributed by atoms with Crippen LogP contribution in [0.25, 0.3) is 0 Å². The fraction of sp³-hybridized carbons (Fsp3) is 0.636. The van der Waals surface area contributed by atoms with Gasteiger partial charge in [-0.3, -0.25) is 9.79 Å². The number of carbonyl (C=O) groups is 1. The molecule has 3 aliphatic rings. The minimum Gasteiger partial charge on any atom is -0.454 e. The molecule has 30 heavy (non-hydrogen) atoms. The molecule has 1 saturated heterocycles. The van der Waals surface area contributed by atoms with E-state index in [9.17, 15) is 4.79 Å². The normalized spacial score (nSPS) is 21.3. The maximum absolute atomic E-state index is 12.7. The predicted molar refractivity (Wildman–Crippen MR) is 128 cm³/mol. The monoisotopic (exact) mass is 528 g/mol. The molecule has 2 fully saturated rings. The third-order valence-corrected chi connectivity index (χ3v) is 6.16. The SMILES string of the molecule is CN=C(NCCc1ccc2c(c1)OCO2)NC1CCN(C(=O)C2CCCCC2)C1.I. The first kappa shape index (κ1) is 23.0. The molecular weight excluding hydrogens is 495 g/mol. The van der Waals surface area contributed by atoms with Gasteiger partial charge in [-0.1, -0.05) is 25.3 Å². The number of aliphatic imine (C=N–C) groups is 1. The first-order valence-corrected chi connectivity index (χ1v) is 10.9. The van der Waals surface area contributed by atoms with Gasteiger partial charge in [-0.15, -0.1) is 24.0 Å². The number of guanidine groups is 1. The van der Waals surface area contributed by atoms with Crippen LogP contribution < -0.4 is 20.1 Å². The van der Waals surface area contributed by atoms with E-state index in [-0.39, 0.29) is 35.9 Å². The van der Waals surface area contributed by atoms with Gasteiger partial charge in [0.15, 0.2) is 17.5 Å². The first-order valence-electron chi connectivity index (χ1n) is 10.9. The summed E-state index contributed by atoms with van der Waals surface area (Å²) in [6.07, 6.45) is 7.66. The second kappa shape index (κ2) is 11.1. The van der Waals surface area contributed by atoms with Crippen molar-refractivity contribution in [3.63, 3.8) is 0 Å². The molecule has 2 N–H and O–H groups in total. The van der Waals surface area contributed by atoms with Gasteiger partial charge < -0.3 is 25.0 Å². The summed E-state index contributed by atoms with van der Waals surface area (Å²) < 4.78 is 10.8. The Morgan fingerprint density at radius 1 is 1.17 bits per heavy atom. The van der Waals surface area contributed by atoms with Crippen molar-refractivity contribution < 1.29 is 14.3 Å². The van der Waals surface area contributed by atoms with Crippen molar-refractivity contribution >= 4 is 35.8 Å². The lowest BCUT2D eigenvalue weighted by atomic mass is 9.88. The smallest absolute Gasteiger partial charge is 0.231 e. The highest BCUT2D eigenvalue weighted by Gasteiger charge is 2.31. The maximum Gasteiger partial charge on any atom is 0.231 e. The molecule has 2 heterocycles. The number of hydrogen-bond acceptors (Lipinski definition) is 4.